The van der Waals surface area contributed by atoms with Gasteiger partial charge in [-0.05, 0) is 25.1 Å². The Morgan fingerprint density at radius 1 is 1.21 bits per heavy atom. The van der Waals surface area contributed by atoms with Gasteiger partial charge in [0.25, 0.3) is 5.70 Å². The first-order chi connectivity index (χ1) is 11.6. The molecule has 0 saturated heterocycles. The van der Waals surface area contributed by atoms with Crippen molar-refractivity contribution in [3.8, 4) is 17.2 Å². The lowest BCUT2D eigenvalue weighted by Crippen LogP contribution is -2.19. The van der Waals surface area contributed by atoms with Crippen LogP contribution in [0.4, 0.5) is 0 Å². The smallest absolute Gasteiger partial charge is 0.291 e. The molecule has 6 nitrogen and oxygen atoms in total. The van der Waals surface area contributed by atoms with E-state index in [4.69, 9.17) is 14.2 Å². The van der Waals surface area contributed by atoms with Crippen LogP contribution in [0.2, 0.25) is 0 Å². The summed E-state index contributed by atoms with van der Waals surface area (Å²) < 4.78 is 16.7. The molecule has 2 aromatic carbocycles. The molecule has 0 aromatic heterocycles. The summed E-state index contributed by atoms with van der Waals surface area (Å²) in [5.74, 6) is 1.71. The third-order valence-corrected chi connectivity index (χ3v) is 3.74. The molecule has 0 saturated carbocycles. The normalized spacial score (nSPS) is 15.8. The highest BCUT2D eigenvalue weighted by atomic mass is 16.6. The molecule has 124 valence electrons. The van der Waals surface area contributed by atoms with E-state index in [2.05, 4.69) is 0 Å². The lowest BCUT2D eigenvalue weighted by Gasteiger charge is -2.23. The summed E-state index contributed by atoms with van der Waals surface area (Å²) in [6, 6.07) is 12.4. The predicted molar refractivity (Wildman–Crippen MR) is 88.9 cm³/mol. The van der Waals surface area contributed by atoms with Gasteiger partial charge in [-0.2, -0.15) is 0 Å². The fourth-order valence-electron chi connectivity index (χ4n) is 2.64. The Morgan fingerprint density at radius 2 is 2.00 bits per heavy atom. The molecule has 0 aliphatic carbocycles. The zero-order valence-corrected chi connectivity index (χ0v) is 13.4. The number of para-hydroxylation sites is 1. The quantitative estimate of drug-likeness (QED) is 0.616. The molecule has 1 heterocycles. The van der Waals surface area contributed by atoms with E-state index >= 15 is 0 Å². The van der Waals surface area contributed by atoms with Gasteiger partial charge in [0.1, 0.15) is 5.75 Å². The highest BCUT2D eigenvalue weighted by Gasteiger charge is 2.33. The van der Waals surface area contributed by atoms with Crippen molar-refractivity contribution < 1.29 is 19.1 Å². The number of ether oxygens (including phenoxy) is 3. The summed E-state index contributed by atoms with van der Waals surface area (Å²) in [5, 5.41) is 11.5. The van der Waals surface area contributed by atoms with Crippen LogP contribution in [0.15, 0.2) is 48.2 Å². The van der Waals surface area contributed by atoms with E-state index in [-0.39, 0.29) is 5.70 Å². The van der Waals surface area contributed by atoms with Crippen LogP contribution < -0.4 is 14.2 Å². The van der Waals surface area contributed by atoms with E-state index in [1.165, 1.54) is 7.11 Å². The second kappa shape index (κ2) is 6.62. The Bertz CT molecular complexity index is 800. The van der Waals surface area contributed by atoms with Gasteiger partial charge >= 0.3 is 0 Å². The van der Waals surface area contributed by atoms with Crippen molar-refractivity contribution in [2.45, 2.75) is 13.0 Å². The number of methoxy groups -OCH3 is 1. The van der Waals surface area contributed by atoms with Crippen LogP contribution in [-0.2, 0) is 0 Å². The SMILES string of the molecule is CCOc1ccc(C2Oc3ccccc3C=C2[N+](=O)[O-])cc1OC. The Kier molecular flexibility index (Phi) is 4.37. The van der Waals surface area contributed by atoms with E-state index in [0.717, 1.165) is 0 Å². The average Bonchev–Trinajstić information content (AvgIpc) is 2.61. The Hall–Kier alpha value is -3.02. The lowest BCUT2D eigenvalue weighted by molar-refractivity contribution is -0.434. The minimum atomic E-state index is -0.806. The van der Waals surface area contributed by atoms with Gasteiger partial charge in [-0.1, -0.05) is 24.3 Å². The maximum atomic E-state index is 11.5. The Balaban J connectivity index is 2.04. The highest BCUT2D eigenvalue weighted by Crippen LogP contribution is 2.39. The number of benzene rings is 2. The van der Waals surface area contributed by atoms with Crippen molar-refractivity contribution in [2.75, 3.05) is 13.7 Å². The molecule has 1 aliphatic heterocycles. The molecular formula is C18H17NO5. The maximum absolute atomic E-state index is 11.5. The molecule has 0 bridgehead atoms. The second-order valence-electron chi connectivity index (χ2n) is 5.21. The van der Waals surface area contributed by atoms with Crippen molar-refractivity contribution in [2.24, 2.45) is 0 Å². The minimum absolute atomic E-state index is 0.0140. The van der Waals surface area contributed by atoms with Crippen LogP contribution in [0.25, 0.3) is 6.08 Å². The van der Waals surface area contributed by atoms with Crippen LogP contribution in [0.3, 0.4) is 0 Å². The van der Waals surface area contributed by atoms with Gasteiger partial charge in [-0.3, -0.25) is 10.1 Å². The average molecular weight is 327 g/mol. The molecule has 0 fully saturated rings. The van der Waals surface area contributed by atoms with Crippen molar-refractivity contribution in [3.63, 3.8) is 0 Å². The molecule has 1 atom stereocenters. The highest BCUT2D eigenvalue weighted by molar-refractivity contribution is 5.62. The van der Waals surface area contributed by atoms with Gasteiger partial charge in [-0.25, -0.2) is 0 Å². The van der Waals surface area contributed by atoms with Crippen molar-refractivity contribution in [3.05, 3.63) is 69.4 Å². The summed E-state index contributed by atoms with van der Waals surface area (Å²) in [5.41, 5.74) is 1.31. The van der Waals surface area contributed by atoms with Crippen molar-refractivity contribution in [1.82, 2.24) is 0 Å². The van der Waals surface area contributed by atoms with Gasteiger partial charge in [0, 0.05) is 17.2 Å². The molecule has 1 aliphatic rings. The van der Waals surface area contributed by atoms with Gasteiger partial charge in [0.15, 0.2) is 11.5 Å². The molecular weight excluding hydrogens is 310 g/mol. The minimum Gasteiger partial charge on any atom is -0.493 e. The number of nitro groups is 1. The fraction of sp³-hybridized carbons (Fsp3) is 0.222. The molecule has 0 N–H and O–H groups in total. The number of hydrogen-bond donors (Lipinski definition) is 0. The van der Waals surface area contributed by atoms with Crippen LogP contribution in [0.1, 0.15) is 24.2 Å². The molecule has 0 radical (unpaired) electrons. The molecule has 0 spiro atoms. The third-order valence-electron chi connectivity index (χ3n) is 3.74. The summed E-state index contributed by atoms with van der Waals surface area (Å²) in [4.78, 5) is 11.1. The largest absolute Gasteiger partial charge is 0.493 e. The monoisotopic (exact) mass is 327 g/mol. The molecule has 2 aromatic rings. The summed E-state index contributed by atoms with van der Waals surface area (Å²) >= 11 is 0. The van der Waals surface area contributed by atoms with Gasteiger partial charge in [-0.15, -0.1) is 0 Å². The zero-order valence-electron chi connectivity index (χ0n) is 13.4. The Morgan fingerprint density at radius 3 is 2.71 bits per heavy atom. The van der Waals surface area contributed by atoms with E-state index in [1.54, 1.807) is 36.4 Å². The molecule has 24 heavy (non-hydrogen) atoms. The molecule has 1 unspecified atom stereocenters. The molecule has 0 amide bonds. The number of hydrogen-bond acceptors (Lipinski definition) is 5. The van der Waals surface area contributed by atoms with Crippen molar-refractivity contribution >= 4 is 6.08 Å². The molecule has 6 heteroatoms. The first-order valence-corrected chi connectivity index (χ1v) is 7.56. The van der Waals surface area contributed by atoms with Crippen LogP contribution >= 0.6 is 0 Å². The number of rotatable bonds is 5. The van der Waals surface area contributed by atoms with Crippen LogP contribution in [-0.4, -0.2) is 18.6 Å². The van der Waals surface area contributed by atoms with Crippen molar-refractivity contribution in [1.29, 1.82) is 0 Å². The van der Waals surface area contributed by atoms with Gasteiger partial charge < -0.3 is 14.2 Å². The van der Waals surface area contributed by atoms with Crippen LogP contribution in [0, 0.1) is 10.1 Å². The molecule has 3 rings (SSSR count). The third kappa shape index (κ3) is 2.90. The summed E-state index contributed by atoms with van der Waals surface area (Å²) in [6.07, 6.45) is 0.742. The first kappa shape index (κ1) is 15.9. The lowest BCUT2D eigenvalue weighted by atomic mass is 10.0. The van der Waals surface area contributed by atoms with Crippen LogP contribution in [0.5, 0.6) is 17.2 Å². The van der Waals surface area contributed by atoms with E-state index < -0.39 is 11.0 Å². The number of fused-ring (bicyclic) bond motifs is 1. The van der Waals surface area contributed by atoms with Gasteiger partial charge in [0.05, 0.1) is 18.6 Å². The summed E-state index contributed by atoms with van der Waals surface area (Å²) in [6.45, 7) is 2.38. The Labute approximate surface area is 139 Å². The first-order valence-electron chi connectivity index (χ1n) is 7.56. The topological polar surface area (TPSA) is 70.8 Å². The standard InChI is InChI=1S/C18H17NO5/c1-3-23-16-9-8-13(11-17(16)22-2)18-14(19(20)21)10-12-6-4-5-7-15(12)24-18/h4-11,18H,3H2,1-2H3. The second-order valence-corrected chi connectivity index (χ2v) is 5.21. The van der Waals surface area contributed by atoms with E-state index in [9.17, 15) is 10.1 Å². The van der Waals surface area contributed by atoms with Gasteiger partial charge in [0.2, 0.25) is 6.10 Å². The zero-order chi connectivity index (χ0) is 17.1. The van der Waals surface area contributed by atoms with E-state index in [0.29, 0.717) is 35.0 Å². The number of nitrogens with zero attached hydrogens (tertiary/aromatic N) is 1. The van der Waals surface area contributed by atoms with E-state index in [1.807, 2.05) is 19.1 Å². The maximum Gasteiger partial charge on any atom is 0.291 e. The summed E-state index contributed by atoms with van der Waals surface area (Å²) in [7, 11) is 1.53. The fourth-order valence-corrected chi connectivity index (χ4v) is 2.64. The predicted octanol–water partition coefficient (Wildman–Crippen LogP) is 3.85.